The maximum Gasteiger partial charge on any atom is 0.190 e. The summed E-state index contributed by atoms with van der Waals surface area (Å²) in [5, 5.41) is 1.38. The quantitative estimate of drug-likeness (QED) is 0.483. The first kappa shape index (κ1) is 14.4. The summed E-state index contributed by atoms with van der Waals surface area (Å²) >= 11 is 13.7. The van der Waals surface area contributed by atoms with Crippen LogP contribution in [0.2, 0.25) is 10.3 Å². The van der Waals surface area contributed by atoms with Crippen molar-refractivity contribution in [3.8, 4) is 5.75 Å². The summed E-state index contributed by atoms with van der Waals surface area (Å²) in [4.78, 5) is 8.38. The Balaban J connectivity index is 2.27. The Morgan fingerprint density at radius 2 is 1.68 bits per heavy atom. The minimum atomic E-state index is 0.403. The van der Waals surface area contributed by atoms with Crippen LogP contribution in [0.25, 0.3) is 0 Å². The summed E-state index contributed by atoms with van der Waals surface area (Å²) in [5.41, 5.74) is 1.82. The average Bonchev–Trinajstić information content (AvgIpc) is 2.43. The van der Waals surface area contributed by atoms with Crippen molar-refractivity contribution in [1.29, 1.82) is 0 Å². The van der Waals surface area contributed by atoms with Gasteiger partial charge in [0.15, 0.2) is 5.16 Å². The lowest BCUT2D eigenvalue weighted by atomic mass is 10.1. The van der Waals surface area contributed by atoms with Crippen LogP contribution in [0.4, 0.5) is 0 Å². The smallest absolute Gasteiger partial charge is 0.190 e. The molecule has 19 heavy (non-hydrogen) atoms. The van der Waals surface area contributed by atoms with Gasteiger partial charge in [0.1, 0.15) is 16.1 Å². The van der Waals surface area contributed by atoms with Gasteiger partial charge in [0, 0.05) is 12.0 Å². The Labute approximate surface area is 126 Å². The van der Waals surface area contributed by atoms with Crippen LogP contribution in [-0.4, -0.2) is 23.3 Å². The Morgan fingerprint density at radius 1 is 1.11 bits per heavy atom. The normalized spacial score (nSPS) is 10.5. The molecule has 2 aromatic rings. The Hall–Kier alpha value is -0.970. The molecule has 0 radical (unpaired) electrons. The van der Waals surface area contributed by atoms with Gasteiger partial charge < -0.3 is 4.74 Å². The molecule has 3 nitrogen and oxygen atoms in total. The van der Waals surface area contributed by atoms with Crippen LogP contribution in [0.15, 0.2) is 29.4 Å². The van der Waals surface area contributed by atoms with Gasteiger partial charge in [0.2, 0.25) is 0 Å². The standard InChI is InChI=1S/C13H12Cl2N2OS/c1-18-9-5-3-8(4-6-9)7-10-11(14)16-13(19-2)17-12(10)15/h3-6H,7H2,1-2H3. The summed E-state index contributed by atoms with van der Waals surface area (Å²) in [5.74, 6) is 0.815. The lowest BCUT2D eigenvalue weighted by molar-refractivity contribution is 0.414. The second-order valence-electron chi connectivity index (χ2n) is 3.80. The molecule has 0 amide bonds. The minimum absolute atomic E-state index is 0.403. The van der Waals surface area contributed by atoms with Crippen LogP contribution in [0.3, 0.4) is 0 Å². The molecular weight excluding hydrogens is 303 g/mol. The van der Waals surface area contributed by atoms with E-state index in [1.807, 2.05) is 30.5 Å². The number of hydrogen-bond donors (Lipinski definition) is 0. The molecule has 0 saturated carbocycles. The third kappa shape index (κ3) is 3.53. The Morgan fingerprint density at radius 3 is 2.16 bits per heavy atom. The molecule has 2 rings (SSSR count). The second-order valence-corrected chi connectivity index (χ2v) is 5.28. The van der Waals surface area contributed by atoms with Crippen LogP contribution in [0.5, 0.6) is 5.75 Å². The third-order valence-corrected chi connectivity index (χ3v) is 3.78. The van der Waals surface area contributed by atoms with Crippen molar-refractivity contribution < 1.29 is 4.74 Å². The molecule has 0 N–H and O–H groups in total. The van der Waals surface area contributed by atoms with Crippen molar-refractivity contribution in [2.45, 2.75) is 11.6 Å². The second kappa shape index (κ2) is 6.46. The molecule has 0 atom stereocenters. The summed E-state index contributed by atoms with van der Waals surface area (Å²) in [6, 6.07) is 7.73. The molecule has 0 spiro atoms. The number of hydrogen-bond acceptors (Lipinski definition) is 4. The highest BCUT2D eigenvalue weighted by atomic mass is 35.5. The Kier molecular flexibility index (Phi) is 4.91. The first-order chi connectivity index (χ1) is 9.13. The van der Waals surface area contributed by atoms with Crippen molar-refractivity contribution in [2.75, 3.05) is 13.4 Å². The van der Waals surface area contributed by atoms with E-state index in [2.05, 4.69) is 9.97 Å². The summed E-state index contributed by atoms with van der Waals surface area (Å²) in [7, 11) is 1.64. The molecule has 0 aliphatic heterocycles. The van der Waals surface area contributed by atoms with Crippen LogP contribution < -0.4 is 4.74 Å². The number of halogens is 2. The molecular formula is C13H12Cl2N2OS. The molecule has 0 bridgehead atoms. The zero-order chi connectivity index (χ0) is 13.8. The highest BCUT2D eigenvalue weighted by molar-refractivity contribution is 7.98. The molecule has 0 aliphatic rings. The van der Waals surface area contributed by atoms with Gasteiger partial charge in [-0.1, -0.05) is 47.1 Å². The predicted molar refractivity (Wildman–Crippen MR) is 79.6 cm³/mol. The molecule has 100 valence electrons. The van der Waals surface area contributed by atoms with Crippen LogP contribution in [-0.2, 0) is 6.42 Å². The van der Waals surface area contributed by atoms with Crippen LogP contribution >= 0.6 is 35.0 Å². The van der Waals surface area contributed by atoms with Gasteiger partial charge in [-0.3, -0.25) is 0 Å². The van der Waals surface area contributed by atoms with E-state index in [1.165, 1.54) is 11.8 Å². The maximum absolute atomic E-state index is 6.15. The SMILES string of the molecule is COc1ccc(Cc2c(Cl)nc(SC)nc2Cl)cc1. The molecule has 0 unspecified atom stereocenters. The number of ether oxygens (including phenoxy) is 1. The lowest BCUT2D eigenvalue weighted by Crippen LogP contribution is -1.98. The van der Waals surface area contributed by atoms with Gasteiger partial charge in [-0.05, 0) is 24.0 Å². The van der Waals surface area contributed by atoms with Gasteiger partial charge in [-0.25, -0.2) is 9.97 Å². The van der Waals surface area contributed by atoms with Crippen molar-refractivity contribution in [3.05, 3.63) is 45.7 Å². The van der Waals surface area contributed by atoms with E-state index in [0.29, 0.717) is 21.9 Å². The Bertz CT molecular complexity index is 552. The van der Waals surface area contributed by atoms with E-state index < -0.39 is 0 Å². The molecule has 1 aromatic carbocycles. The minimum Gasteiger partial charge on any atom is -0.497 e. The number of nitrogens with zero attached hydrogens (tertiary/aromatic N) is 2. The monoisotopic (exact) mass is 314 g/mol. The molecule has 1 aromatic heterocycles. The van der Waals surface area contributed by atoms with E-state index >= 15 is 0 Å². The molecule has 0 saturated heterocycles. The highest BCUT2D eigenvalue weighted by Crippen LogP contribution is 2.27. The zero-order valence-corrected chi connectivity index (χ0v) is 12.8. The number of benzene rings is 1. The number of rotatable bonds is 4. The number of aromatic nitrogens is 2. The van der Waals surface area contributed by atoms with E-state index in [9.17, 15) is 0 Å². The first-order valence-corrected chi connectivity index (χ1v) is 7.51. The summed E-state index contributed by atoms with van der Waals surface area (Å²) in [6.07, 6.45) is 2.47. The van der Waals surface area contributed by atoms with Gasteiger partial charge in [-0.15, -0.1) is 0 Å². The summed E-state index contributed by atoms with van der Waals surface area (Å²) in [6.45, 7) is 0. The first-order valence-electron chi connectivity index (χ1n) is 5.53. The molecule has 1 heterocycles. The summed E-state index contributed by atoms with van der Waals surface area (Å²) < 4.78 is 5.12. The lowest BCUT2D eigenvalue weighted by Gasteiger charge is -2.08. The predicted octanol–water partition coefficient (Wildman–Crippen LogP) is 4.10. The van der Waals surface area contributed by atoms with Crippen molar-refractivity contribution in [3.63, 3.8) is 0 Å². The third-order valence-electron chi connectivity index (χ3n) is 2.61. The van der Waals surface area contributed by atoms with Gasteiger partial charge in [-0.2, -0.15) is 0 Å². The van der Waals surface area contributed by atoms with Gasteiger partial charge >= 0.3 is 0 Å². The fourth-order valence-electron chi connectivity index (χ4n) is 1.60. The molecule has 0 aliphatic carbocycles. The van der Waals surface area contributed by atoms with E-state index in [1.54, 1.807) is 7.11 Å². The number of thioether (sulfide) groups is 1. The molecule has 6 heteroatoms. The van der Waals surface area contributed by atoms with Crippen molar-refractivity contribution in [2.24, 2.45) is 0 Å². The van der Waals surface area contributed by atoms with Gasteiger partial charge in [0.05, 0.1) is 7.11 Å². The van der Waals surface area contributed by atoms with Crippen molar-refractivity contribution in [1.82, 2.24) is 9.97 Å². The topological polar surface area (TPSA) is 35.0 Å². The van der Waals surface area contributed by atoms with Crippen LogP contribution in [0, 0.1) is 0 Å². The zero-order valence-electron chi connectivity index (χ0n) is 10.5. The fraction of sp³-hybridized carbons (Fsp3) is 0.231. The highest BCUT2D eigenvalue weighted by Gasteiger charge is 2.12. The van der Waals surface area contributed by atoms with Crippen molar-refractivity contribution >= 4 is 35.0 Å². The van der Waals surface area contributed by atoms with Gasteiger partial charge in [0.25, 0.3) is 0 Å². The van der Waals surface area contributed by atoms with E-state index in [4.69, 9.17) is 27.9 Å². The fourth-order valence-corrected chi connectivity index (χ4v) is 2.58. The van der Waals surface area contributed by atoms with E-state index in [-0.39, 0.29) is 0 Å². The largest absolute Gasteiger partial charge is 0.497 e. The number of methoxy groups -OCH3 is 1. The molecule has 0 fully saturated rings. The maximum atomic E-state index is 6.15. The average molecular weight is 315 g/mol. The van der Waals surface area contributed by atoms with Crippen LogP contribution in [0.1, 0.15) is 11.1 Å². The van der Waals surface area contributed by atoms with E-state index in [0.717, 1.165) is 16.9 Å².